The molecule has 0 fully saturated rings. The largest absolute Gasteiger partial charge is 0.373 e. The van der Waals surface area contributed by atoms with Gasteiger partial charge in [-0.1, -0.05) is 20.8 Å². The molecule has 114 valence electrons. The van der Waals surface area contributed by atoms with Crippen molar-refractivity contribution < 1.29 is 0 Å². The van der Waals surface area contributed by atoms with Gasteiger partial charge < -0.3 is 15.5 Å². The van der Waals surface area contributed by atoms with Gasteiger partial charge in [0.15, 0.2) is 0 Å². The minimum Gasteiger partial charge on any atom is -0.373 e. The van der Waals surface area contributed by atoms with Crippen LogP contribution in [0.4, 0.5) is 11.6 Å². The Morgan fingerprint density at radius 2 is 1.75 bits per heavy atom. The van der Waals surface area contributed by atoms with Crippen LogP contribution in [0.2, 0.25) is 0 Å². The second-order valence-electron chi connectivity index (χ2n) is 6.32. The molecule has 0 amide bonds. The van der Waals surface area contributed by atoms with E-state index in [4.69, 9.17) is 0 Å². The van der Waals surface area contributed by atoms with E-state index >= 15 is 0 Å². The molecule has 0 unspecified atom stereocenters. The van der Waals surface area contributed by atoms with Crippen LogP contribution in [0.15, 0.2) is 0 Å². The standard InChI is InChI=1S/C15H29N5/c1-8-12-18-13(16-5)11(2)14(19-12)17-9-15(3,4)10-20(6)7/h8-10H2,1-7H3,(H2,16,17,18,19). The van der Waals surface area contributed by atoms with E-state index in [-0.39, 0.29) is 5.41 Å². The van der Waals surface area contributed by atoms with Gasteiger partial charge in [-0.3, -0.25) is 0 Å². The van der Waals surface area contributed by atoms with Crippen LogP contribution in [0, 0.1) is 12.3 Å². The highest BCUT2D eigenvalue weighted by Crippen LogP contribution is 2.22. The van der Waals surface area contributed by atoms with E-state index in [1.165, 1.54) is 0 Å². The molecule has 1 aromatic heterocycles. The first-order valence-electron chi connectivity index (χ1n) is 7.23. The fourth-order valence-corrected chi connectivity index (χ4v) is 2.37. The third-order valence-electron chi connectivity index (χ3n) is 3.22. The van der Waals surface area contributed by atoms with Gasteiger partial charge in [0.2, 0.25) is 0 Å². The zero-order valence-electron chi connectivity index (χ0n) is 14.0. The van der Waals surface area contributed by atoms with Crippen molar-refractivity contribution in [2.45, 2.75) is 34.1 Å². The lowest BCUT2D eigenvalue weighted by molar-refractivity contribution is 0.254. The summed E-state index contributed by atoms with van der Waals surface area (Å²) in [5.41, 5.74) is 1.26. The maximum Gasteiger partial charge on any atom is 0.134 e. The summed E-state index contributed by atoms with van der Waals surface area (Å²) in [6.45, 7) is 10.6. The molecule has 5 heteroatoms. The van der Waals surface area contributed by atoms with E-state index in [1.54, 1.807) is 0 Å². The van der Waals surface area contributed by atoms with Crippen molar-refractivity contribution in [3.8, 4) is 0 Å². The van der Waals surface area contributed by atoms with Gasteiger partial charge in [-0.2, -0.15) is 0 Å². The third kappa shape index (κ3) is 4.63. The van der Waals surface area contributed by atoms with Crippen LogP contribution in [-0.2, 0) is 6.42 Å². The van der Waals surface area contributed by atoms with Crippen LogP contribution in [0.25, 0.3) is 0 Å². The number of nitrogens with zero attached hydrogens (tertiary/aromatic N) is 3. The first-order chi connectivity index (χ1) is 9.29. The molecule has 2 N–H and O–H groups in total. The Kier molecular flexibility index (Phi) is 5.74. The summed E-state index contributed by atoms with van der Waals surface area (Å²) >= 11 is 0. The first kappa shape index (κ1) is 16.7. The molecule has 0 saturated carbocycles. The van der Waals surface area contributed by atoms with E-state index in [9.17, 15) is 0 Å². The highest BCUT2D eigenvalue weighted by atomic mass is 15.1. The number of anilines is 2. The van der Waals surface area contributed by atoms with Crippen molar-refractivity contribution in [3.63, 3.8) is 0 Å². The number of hydrogen-bond donors (Lipinski definition) is 2. The Labute approximate surface area is 123 Å². The number of rotatable bonds is 7. The quantitative estimate of drug-likeness (QED) is 0.802. The topological polar surface area (TPSA) is 53.1 Å². The predicted octanol–water partition coefficient (Wildman–Crippen LogP) is 2.39. The fraction of sp³-hybridized carbons (Fsp3) is 0.733. The van der Waals surface area contributed by atoms with Crippen LogP contribution < -0.4 is 10.6 Å². The monoisotopic (exact) mass is 279 g/mol. The fourth-order valence-electron chi connectivity index (χ4n) is 2.37. The molecule has 0 saturated heterocycles. The molecule has 0 aromatic carbocycles. The Balaban J connectivity index is 2.86. The Hall–Kier alpha value is -1.36. The van der Waals surface area contributed by atoms with E-state index < -0.39 is 0 Å². The van der Waals surface area contributed by atoms with Crippen molar-refractivity contribution in [1.82, 2.24) is 14.9 Å². The minimum absolute atomic E-state index is 0.188. The zero-order chi connectivity index (χ0) is 15.3. The average molecular weight is 279 g/mol. The predicted molar refractivity (Wildman–Crippen MR) is 86.5 cm³/mol. The second-order valence-corrected chi connectivity index (χ2v) is 6.32. The molecule has 1 aromatic rings. The van der Waals surface area contributed by atoms with Gasteiger partial charge in [0.1, 0.15) is 17.5 Å². The van der Waals surface area contributed by atoms with Gasteiger partial charge in [-0.25, -0.2) is 9.97 Å². The van der Waals surface area contributed by atoms with Crippen molar-refractivity contribution in [1.29, 1.82) is 0 Å². The summed E-state index contributed by atoms with van der Waals surface area (Å²) in [5, 5.41) is 6.63. The Morgan fingerprint density at radius 1 is 1.15 bits per heavy atom. The molecule has 0 aliphatic rings. The van der Waals surface area contributed by atoms with Gasteiger partial charge in [0.05, 0.1) is 0 Å². The molecule has 0 spiro atoms. The molecule has 0 atom stereocenters. The van der Waals surface area contributed by atoms with Crippen LogP contribution in [-0.4, -0.2) is 49.1 Å². The van der Waals surface area contributed by atoms with Gasteiger partial charge in [0, 0.05) is 32.1 Å². The first-order valence-corrected chi connectivity index (χ1v) is 7.23. The van der Waals surface area contributed by atoms with Crippen molar-refractivity contribution >= 4 is 11.6 Å². The lowest BCUT2D eigenvalue weighted by Gasteiger charge is -2.29. The van der Waals surface area contributed by atoms with Gasteiger partial charge in [-0.15, -0.1) is 0 Å². The van der Waals surface area contributed by atoms with E-state index in [2.05, 4.69) is 60.4 Å². The lowest BCUT2D eigenvalue weighted by atomic mass is 9.93. The maximum absolute atomic E-state index is 4.61. The molecule has 0 aliphatic carbocycles. The highest BCUT2D eigenvalue weighted by Gasteiger charge is 2.20. The second kappa shape index (κ2) is 6.88. The summed E-state index contributed by atoms with van der Waals surface area (Å²) in [6.07, 6.45) is 0.838. The summed E-state index contributed by atoms with van der Waals surface area (Å²) in [7, 11) is 6.10. The molecule has 1 heterocycles. The van der Waals surface area contributed by atoms with E-state index in [0.29, 0.717) is 0 Å². The molecular weight excluding hydrogens is 250 g/mol. The smallest absolute Gasteiger partial charge is 0.134 e. The van der Waals surface area contributed by atoms with Crippen LogP contribution in [0.5, 0.6) is 0 Å². The Bertz CT molecular complexity index is 440. The number of nitrogens with one attached hydrogen (secondary N) is 2. The highest BCUT2D eigenvalue weighted by molar-refractivity contribution is 5.57. The summed E-state index contributed by atoms with van der Waals surface area (Å²) in [5.74, 6) is 2.71. The lowest BCUT2D eigenvalue weighted by Crippen LogP contribution is -2.34. The summed E-state index contributed by atoms with van der Waals surface area (Å²) in [6, 6.07) is 0. The molecule has 20 heavy (non-hydrogen) atoms. The van der Waals surface area contributed by atoms with Gasteiger partial charge >= 0.3 is 0 Å². The third-order valence-corrected chi connectivity index (χ3v) is 3.22. The van der Waals surface area contributed by atoms with Crippen LogP contribution in [0.1, 0.15) is 32.2 Å². The van der Waals surface area contributed by atoms with Gasteiger partial charge in [-0.05, 0) is 26.4 Å². The van der Waals surface area contributed by atoms with Crippen LogP contribution >= 0.6 is 0 Å². The van der Waals surface area contributed by atoms with Gasteiger partial charge in [0.25, 0.3) is 0 Å². The number of aromatic nitrogens is 2. The van der Waals surface area contributed by atoms with E-state index in [0.717, 1.165) is 42.5 Å². The van der Waals surface area contributed by atoms with Crippen molar-refractivity contribution in [3.05, 3.63) is 11.4 Å². The normalized spacial score (nSPS) is 11.8. The average Bonchev–Trinajstić information content (AvgIpc) is 2.36. The van der Waals surface area contributed by atoms with Crippen molar-refractivity contribution in [2.24, 2.45) is 5.41 Å². The maximum atomic E-state index is 4.61. The van der Waals surface area contributed by atoms with Crippen LogP contribution in [0.3, 0.4) is 0 Å². The zero-order valence-corrected chi connectivity index (χ0v) is 14.0. The number of aryl methyl sites for hydroxylation is 1. The molecule has 0 radical (unpaired) electrons. The van der Waals surface area contributed by atoms with E-state index in [1.807, 2.05) is 14.0 Å². The summed E-state index contributed by atoms with van der Waals surface area (Å²) in [4.78, 5) is 11.3. The molecule has 1 rings (SSSR count). The molecule has 5 nitrogen and oxygen atoms in total. The Morgan fingerprint density at radius 3 is 2.25 bits per heavy atom. The van der Waals surface area contributed by atoms with Crippen molar-refractivity contribution in [2.75, 3.05) is 44.9 Å². The summed E-state index contributed by atoms with van der Waals surface area (Å²) < 4.78 is 0. The minimum atomic E-state index is 0.188. The molecule has 0 aliphatic heterocycles. The molecular formula is C15H29N5. The SMILES string of the molecule is CCc1nc(NC)c(C)c(NCC(C)(C)CN(C)C)n1. The number of hydrogen-bond acceptors (Lipinski definition) is 5. The molecule has 0 bridgehead atoms.